The lowest BCUT2D eigenvalue weighted by atomic mass is 10.2. The molecule has 1 fully saturated rings. The zero-order chi connectivity index (χ0) is 19.2. The van der Waals surface area contributed by atoms with Crippen molar-refractivity contribution >= 4 is 17.6 Å². The zero-order valence-electron chi connectivity index (χ0n) is 15.6. The van der Waals surface area contributed by atoms with E-state index in [1.165, 1.54) is 0 Å². The number of hydrogen-bond donors (Lipinski definition) is 1. The van der Waals surface area contributed by atoms with Crippen molar-refractivity contribution in [1.29, 1.82) is 0 Å². The molecule has 0 unspecified atom stereocenters. The average Bonchev–Trinajstić information content (AvgIpc) is 2.72. The fourth-order valence-electron chi connectivity index (χ4n) is 2.97. The van der Waals surface area contributed by atoms with E-state index >= 15 is 0 Å². The van der Waals surface area contributed by atoms with Gasteiger partial charge in [0.1, 0.15) is 11.6 Å². The Labute approximate surface area is 158 Å². The molecular formula is C20H24N4O3. The number of pyridine rings is 1. The highest BCUT2D eigenvalue weighted by Crippen LogP contribution is 2.14. The third kappa shape index (κ3) is 4.75. The van der Waals surface area contributed by atoms with Gasteiger partial charge in [0, 0.05) is 45.8 Å². The van der Waals surface area contributed by atoms with Crippen LogP contribution in [0.2, 0.25) is 0 Å². The first-order valence-corrected chi connectivity index (χ1v) is 8.94. The molecule has 0 atom stereocenters. The molecular weight excluding hydrogens is 344 g/mol. The maximum atomic E-state index is 12.6. The summed E-state index contributed by atoms with van der Waals surface area (Å²) in [6, 6.07) is 11.4. The third-order valence-corrected chi connectivity index (χ3v) is 4.66. The molecule has 27 heavy (non-hydrogen) atoms. The minimum Gasteiger partial charge on any atom is -0.497 e. The predicted octanol–water partition coefficient (Wildman–Crippen LogP) is 2.01. The Morgan fingerprint density at radius 2 is 1.70 bits per heavy atom. The second-order valence-electron chi connectivity index (χ2n) is 6.43. The largest absolute Gasteiger partial charge is 0.497 e. The van der Waals surface area contributed by atoms with Crippen molar-refractivity contribution < 1.29 is 14.3 Å². The standard InChI is InChI=1S/C20H24N4O3/c1-15(25)23-9-11-24(12-10-23)20(26)17-5-8-19(22-14-17)21-13-16-3-6-18(27-2)7-4-16/h3-8,14H,9-13H2,1-2H3,(H,21,22). The van der Waals surface area contributed by atoms with Crippen LogP contribution in [0.3, 0.4) is 0 Å². The highest BCUT2D eigenvalue weighted by molar-refractivity contribution is 5.94. The predicted molar refractivity (Wildman–Crippen MR) is 103 cm³/mol. The van der Waals surface area contributed by atoms with E-state index in [9.17, 15) is 9.59 Å². The van der Waals surface area contributed by atoms with E-state index in [-0.39, 0.29) is 11.8 Å². The van der Waals surface area contributed by atoms with Crippen molar-refractivity contribution in [3.63, 3.8) is 0 Å². The normalized spacial score (nSPS) is 14.0. The molecule has 1 aromatic carbocycles. The maximum Gasteiger partial charge on any atom is 0.255 e. The number of methoxy groups -OCH3 is 1. The minimum absolute atomic E-state index is 0.0487. The molecule has 1 aliphatic rings. The van der Waals surface area contributed by atoms with Crippen LogP contribution in [0.5, 0.6) is 5.75 Å². The molecule has 1 aromatic heterocycles. The minimum atomic E-state index is -0.0487. The lowest BCUT2D eigenvalue weighted by Gasteiger charge is -2.34. The average molecular weight is 368 g/mol. The van der Waals surface area contributed by atoms with Crippen molar-refractivity contribution in [1.82, 2.24) is 14.8 Å². The fourth-order valence-corrected chi connectivity index (χ4v) is 2.97. The monoisotopic (exact) mass is 368 g/mol. The molecule has 2 aromatic rings. The van der Waals surface area contributed by atoms with Gasteiger partial charge in [0.25, 0.3) is 5.91 Å². The molecule has 2 amide bonds. The second kappa shape index (κ2) is 8.53. The van der Waals surface area contributed by atoms with Crippen molar-refractivity contribution in [3.05, 3.63) is 53.7 Å². The topological polar surface area (TPSA) is 74.8 Å². The molecule has 7 heteroatoms. The smallest absolute Gasteiger partial charge is 0.255 e. The van der Waals surface area contributed by atoms with Crippen LogP contribution >= 0.6 is 0 Å². The van der Waals surface area contributed by atoms with Crippen LogP contribution in [0.4, 0.5) is 5.82 Å². The number of nitrogens with zero attached hydrogens (tertiary/aromatic N) is 3. The van der Waals surface area contributed by atoms with Gasteiger partial charge in [-0.2, -0.15) is 0 Å². The second-order valence-corrected chi connectivity index (χ2v) is 6.43. The SMILES string of the molecule is COc1ccc(CNc2ccc(C(=O)N3CCN(C(C)=O)CC3)cn2)cc1. The summed E-state index contributed by atoms with van der Waals surface area (Å²) in [5.74, 6) is 1.54. The summed E-state index contributed by atoms with van der Waals surface area (Å²) in [6.45, 7) is 4.45. The van der Waals surface area contributed by atoms with Crippen molar-refractivity contribution in [2.45, 2.75) is 13.5 Å². The van der Waals surface area contributed by atoms with Gasteiger partial charge in [0.15, 0.2) is 0 Å². The number of carbonyl (C=O) groups excluding carboxylic acids is 2. The molecule has 0 radical (unpaired) electrons. The third-order valence-electron chi connectivity index (χ3n) is 4.66. The van der Waals surface area contributed by atoms with Gasteiger partial charge in [-0.25, -0.2) is 4.98 Å². The Kier molecular flexibility index (Phi) is 5.90. The van der Waals surface area contributed by atoms with E-state index in [0.29, 0.717) is 44.1 Å². The number of piperazine rings is 1. The van der Waals surface area contributed by atoms with Crippen LogP contribution in [-0.2, 0) is 11.3 Å². The summed E-state index contributed by atoms with van der Waals surface area (Å²) < 4.78 is 5.15. The van der Waals surface area contributed by atoms with Crippen LogP contribution in [0.1, 0.15) is 22.8 Å². The molecule has 0 aliphatic carbocycles. The number of aromatic nitrogens is 1. The summed E-state index contributed by atoms with van der Waals surface area (Å²) >= 11 is 0. The molecule has 3 rings (SSSR count). The van der Waals surface area contributed by atoms with Gasteiger partial charge >= 0.3 is 0 Å². The Morgan fingerprint density at radius 1 is 1.04 bits per heavy atom. The number of amides is 2. The lowest BCUT2D eigenvalue weighted by molar-refractivity contribution is -0.130. The molecule has 0 saturated carbocycles. The number of benzene rings is 1. The van der Waals surface area contributed by atoms with Gasteiger partial charge in [0.2, 0.25) is 5.91 Å². The van der Waals surface area contributed by atoms with Gasteiger partial charge < -0.3 is 19.9 Å². The van der Waals surface area contributed by atoms with Crippen molar-refractivity contribution in [2.24, 2.45) is 0 Å². The van der Waals surface area contributed by atoms with E-state index < -0.39 is 0 Å². The fraction of sp³-hybridized carbons (Fsp3) is 0.350. The quantitative estimate of drug-likeness (QED) is 0.874. The van der Waals surface area contributed by atoms with E-state index in [4.69, 9.17) is 4.74 Å². The first kappa shape index (κ1) is 18.7. The maximum absolute atomic E-state index is 12.6. The van der Waals surface area contributed by atoms with Gasteiger partial charge in [-0.3, -0.25) is 9.59 Å². The number of hydrogen-bond acceptors (Lipinski definition) is 5. The highest BCUT2D eigenvalue weighted by atomic mass is 16.5. The van der Waals surface area contributed by atoms with Crippen LogP contribution < -0.4 is 10.1 Å². The molecule has 142 valence electrons. The number of ether oxygens (including phenoxy) is 1. The first-order chi connectivity index (χ1) is 13.1. The number of rotatable bonds is 5. The van der Waals surface area contributed by atoms with Crippen LogP contribution in [0, 0.1) is 0 Å². The summed E-state index contributed by atoms with van der Waals surface area (Å²) in [7, 11) is 1.64. The van der Waals surface area contributed by atoms with Gasteiger partial charge in [-0.1, -0.05) is 12.1 Å². The number of anilines is 1. The van der Waals surface area contributed by atoms with E-state index in [1.807, 2.05) is 30.3 Å². The van der Waals surface area contributed by atoms with E-state index in [2.05, 4.69) is 10.3 Å². The Balaban J connectivity index is 1.53. The Morgan fingerprint density at radius 3 is 2.26 bits per heavy atom. The van der Waals surface area contributed by atoms with Crippen molar-refractivity contribution in [2.75, 3.05) is 38.6 Å². The molecule has 1 saturated heterocycles. The Hall–Kier alpha value is -3.09. The van der Waals surface area contributed by atoms with Gasteiger partial charge in [-0.05, 0) is 29.8 Å². The molecule has 0 bridgehead atoms. The van der Waals surface area contributed by atoms with E-state index in [1.54, 1.807) is 36.1 Å². The lowest BCUT2D eigenvalue weighted by Crippen LogP contribution is -2.50. The zero-order valence-corrected chi connectivity index (χ0v) is 15.6. The number of nitrogens with one attached hydrogen (secondary N) is 1. The first-order valence-electron chi connectivity index (χ1n) is 8.94. The van der Waals surface area contributed by atoms with Crippen LogP contribution in [0.25, 0.3) is 0 Å². The molecule has 0 spiro atoms. The van der Waals surface area contributed by atoms with Crippen molar-refractivity contribution in [3.8, 4) is 5.75 Å². The molecule has 1 aliphatic heterocycles. The molecule has 7 nitrogen and oxygen atoms in total. The molecule has 2 heterocycles. The summed E-state index contributed by atoms with van der Waals surface area (Å²) in [6.07, 6.45) is 1.59. The van der Waals surface area contributed by atoms with Crippen LogP contribution in [0.15, 0.2) is 42.6 Å². The van der Waals surface area contributed by atoms with E-state index in [0.717, 1.165) is 11.3 Å². The van der Waals surface area contributed by atoms with Crippen LogP contribution in [-0.4, -0.2) is 59.9 Å². The summed E-state index contributed by atoms with van der Waals surface area (Å²) in [5.41, 5.74) is 1.67. The Bertz CT molecular complexity index is 782. The molecule has 1 N–H and O–H groups in total. The summed E-state index contributed by atoms with van der Waals surface area (Å²) in [4.78, 5) is 31.8. The van der Waals surface area contributed by atoms with Gasteiger partial charge in [0.05, 0.1) is 12.7 Å². The summed E-state index contributed by atoms with van der Waals surface area (Å²) in [5, 5.41) is 3.24. The van der Waals surface area contributed by atoms with Gasteiger partial charge in [-0.15, -0.1) is 0 Å². The number of carbonyl (C=O) groups is 2. The highest BCUT2D eigenvalue weighted by Gasteiger charge is 2.23.